The molecule has 1 unspecified atom stereocenters. The summed E-state index contributed by atoms with van der Waals surface area (Å²) in [6, 6.07) is 2.68. The van der Waals surface area contributed by atoms with E-state index in [2.05, 4.69) is 20.7 Å². The van der Waals surface area contributed by atoms with Crippen molar-refractivity contribution in [1.82, 2.24) is 9.97 Å². The summed E-state index contributed by atoms with van der Waals surface area (Å²) in [5.41, 5.74) is 2.27. The highest BCUT2D eigenvalue weighted by Gasteiger charge is 2.20. The van der Waals surface area contributed by atoms with Gasteiger partial charge in [0, 0.05) is 17.6 Å². The van der Waals surface area contributed by atoms with Gasteiger partial charge in [-0.2, -0.15) is 0 Å². The third-order valence-electron chi connectivity index (χ3n) is 2.69. The highest BCUT2D eigenvalue weighted by Crippen LogP contribution is 2.29. The molecule has 0 aromatic carbocycles. The Bertz CT molecular complexity index is 589. The number of pyridine rings is 1. The van der Waals surface area contributed by atoms with E-state index in [1.54, 1.807) is 6.20 Å². The number of thiazole rings is 1. The van der Waals surface area contributed by atoms with Gasteiger partial charge in [-0.1, -0.05) is 6.92 Å². The molecular weight excluding hydrogens is 280 g/mol. The molecule has 0 amide bonds. The van der Waals surface area contributed by atoms with Gasteiger partial charge in [-0.25, -0.2) is 15.8 Å². The number of nitrogens with two attached hydrogens (primary N) is 1. The Morgan fingerprint density at radius 2 is 2.35 bits per heavy atom. The topological polar surface area (TPSA) is 119 Å². The molecule has 0 radical (unpaired) electrons. The molecule has 8 nitrogen and oxygen atoms in total. The average Bonchev–Trinajstić information content (AvgIpc) is 2.98. The maximum Gasteiger partial charge on any atom is 0.311 e. The maximum atomic E-state index is 11.0. The van der Waals surface area contributed by atoms with Crippen molar-refractivity contribution in [3.63, 3.8) is 0 Å². The lowest BCUT2D eigenvalue weighted by atomic mass is 10.2. The zero-order valence-electron chi connectivity index (χ0n) is 10.7. The largest absolute Gasteiger partial charge is 0.355 e. The van der Waals surface area contributed by atoms with E-state index in [0.29, 0.717) is 5.82 Å². The molecule has 20 heavy (non-hydrogen) atoms. The van der Waals surface area contributed by atoms with Gasteiger partial charge in [-0.3, -0.25) is 10.1 Å². The quantitative estimate of drug-likeness (QED) is 0.425. The second-order valence-corrected chi connectivity index (χ2v) is 4.87. The number of anilines is 2. The summed E-state index contributed by atoms with van der Waals surface area (Å²) >= 11 is 1.49. The molecule has 0 fully saturated rings. The minimum atomic E-state index is -0.482. The van der Waals surface area contributed by atoms with E-state index in [0.717, 1.165) is 11.4 Å². The van der Waals surface area contributed by atoms with E-state index in [-0.39, 0.29) is 17.5 Å². The molecule has 9 heteroatoms. The molecule has 0 aliphatic rings. The van der Waals surface area contributed by atoms with Crippen LogP contribution < -0.4 is 16.6 Å². The standard InChI is InChI=1S/C11H14N6O2S/c1-2-7(11-13-5-6-20-11)14-10-8(17(18)19)3-4-9(15-10)16-12/h3-7H,2,12H2,1H3,(H2,14,15,16). The molecule has 4 N–H and O–H groups in total. The van der Waals surface area contributed by atoms with Crippen molar-refractivity contribution in [2.75, 3.05) is 10.7 Å². The van der Waals surface area contributed by atoms with Crippen molar-refractivity contribution >= 4 is 28.7 Å². The molecule has 2 heterocycles. The van der Waals surface area contributed by atoms with Gasteiger partial charge in [0.15, 0.2) is 0 Å². The minimum Gasteiger partial charge on any atom is -0.355 e. The van der Waals surface area contributed by atoms with Gasteiger partial charge in [0.1, 0.15) is 10.8 Å². The number of hydrogen-bond donors (Lipinski definition) is 3. The van der Waals surface area contributed by atoms with E-state index in [1.165, 1.54) is 23.5 Å². The first-order chi connectivity index (χ1) is 9.65. The second kappa shape index (κ2) is 6.26. The molecule has 2 aromatic rings. The first-order valence-electron chi connectivity index (χ1n) is 5.93. The van der Waals surface area contributed by atoms with Gasteiger partial charge in [0.05, 0.1) is 11.0 Å². The molecule has 0 aliphatic carbocycles. The van der Waals surface area contributed by atoms with Crippen molar-refractivity contribution in [3.05, 3.63) is 38.8 Å². The van der Waals surface area contributed by atoms with E-state index in [9.17, 15) is 10.1 Å². The molecule has 0 aliphatic heterocycles. The highest BCUT2D eigenvalue weighted by atomic mass is 32.1. The van der Waals surface area contributed by atoms with Crippen LogP contribution in [0.3, 0.4) is 0 Å². The lowest BCUT2D eigenvalue weighted by molar-refractivity contribution is -0.384. The fourth-order valence-electron chi connectivity index (χ4n) is 1.70. The number of rotatable bonds is 6. The summed E-state index contributed by atoms with van der Waals surface area (Å²) in [4.78, 5) is 18.9. The molecule has 0 bridgehead atoms. The Morgan fingerprint density at radius 3 is 2.90 bits per heavy atom. The lowest BCUT2D eigenvalue weighted by Crippen LogP contribution is -2.14. The van der Waals surface area contributed by atoms with Crippen LogP contribution in [0.5, 0.6) is 0 Å². The van der Waals surface area contributed by atoms with Crippen molar-refractivity contribution in [2.24, 2.45) is 5.84 Å². The molecule has 0 spiro atoms. The van der Waals surface area contributed by atoms with Gasteiger partial charge in [-0.05, 0) is 12.5 Å². The van der Waals surface area contributed by atoms with Crippen LogP contribution in [0.15, 0.2) is 23.7 Å². The van der Waals surface area contributed by atoms with Crippen LogP contribution >= 0.6 is 11.3 Å². The van der Waals surface area contributed by atoms with Crippen LogP contribution in [0.4, 0.5) is 17.3 Å². The first kappa shape index (κ1) is 14.2. The Kier molecular flexibility index (Phi) is 4.43. The number of hydrogen-bond acceptors (Lipinski definition) is 8. The van der Waals surface area contributed by atoms with Crippen molar-refractivity contribution in [3.8, 4) is 0 Å². The Hall–Kier alpha value is -2.26. The maximum absolute atomic E-state index is 11.0. The summed E-state index contributed by atoms with van der Waals surface area (Å²) in [6.07, 6.45) is 2.43. The third kappa shape index (κ3) is 3.00. The Labute approximate surface area is 119 Å². The average molecular weight is 294 g/mol. The number of nitro groups is 1. The molecule has 106 valence electrons. The summed E-state index contributed by atoms with van der Waals surface area (Å²) < 4.78 is 0. The van der Waals surface area contributed by atoms with Gasteiger partial charge in [-0.15, -0.1) is 11.3 Å². The number of aromatic nitrogens is 2. The van der Waals surface area contributed by atoms with Gasteiger partial charge in [0.25, 0.3) is 0 Å². The number of nitrogen functional groups attached to an aromatic ring is 1. The lowest BCUT2D eigenvalue weighted by Gasteiger charge is -2.15. The molecule has 0 saturated heterocycles. The fraction of sp³-hybridized carbons (Fsp3) is 0.273. The smallest absolute Gasteiger partial charge is 0.311 e. The second-order valence-electron chi connectivity index (χ2n) is 3.94. The first-order valence-corrected chi connectivity index (χ1v) is 6.81. The summed E-state index contributed by atoms with van der Waals surface area (Å²) in [5, 5.41) is 16.8. The fourth-order valence-corrected chi connectivity index (χ4v) is 2.47. The molecule has 2 rings (SSSR count). The highest BCUT2D eigenvalue weighted by molar-refractivity contribution is 7.09. The van der Waals surface area contributed by atoms with E-state index < -0.39 is 4.92 Å². The predicted octanol–water partition coefficient (Wildman–Crippen LogP) is 2.30. The zero-order chi connectivity index (χ0) is 14.5. The van der Waals surface area contributed by atoms with E-state index in [4.69, 9.17) is 5.84 Å². The summed E-state index contributed by atoms with van der Waals surface area (Å²) in [7, 11) is 0. The SMILES string of the molecule is CCC(Nc1nc(NN)ccc1[N+](=O)[O-])c1nccs1. The van der Waals surface area contributed by atoms with Gasteiger partial charge in [0.2, 0.25) is 5.82 Å². The van der Waals surface area contributed by atoms with Crippen molar-refractivity contribution in [1.29, 1.82) is 0 Å². The van der Waals surface area contributed by atoms with Crippen LogP contribution in [0, 0.1) is 10.1 Å². The molecule has 0 saturated carbocycles. The van der Waals surface area contributed by atoms with Crippen LogP contribution in [0.2, 0.25) is 0 Å². The monoisotopic (exact) mass is 294 g/mol. The predicted molar refractivity (Wildman–Crippen MR) is 77.5 cm³/mol. The number of nitrogens with one attached hydrogen (secondary N) is 2. The normalized spacial score (nSPS) is 11.9. The molecule has 1 atom stereocenters. The van der Waals surface area contributed by atoms with Crippen LogP contribution in [-0.4, -0.2) is 14.9 Å². The summed E-state index contributed by atoms with van der Waals surface area (Å²) in [6.45, 7) is 1.97. The van der Waals surface area contributed by atoms with Gasteiger partial charge >= 0.3 is 5.69 Å². The molecular formula is C11H14N6O2S. The third-order valence-corrected chi connectivity index (χ3v) is 3.58. The number of nitrogens with zero attached hydrogens (tertiary/aromatic N) is 3. The van der Waals surface area contributed by atoms with E-state index in [1.807, 2.05) is 12.3 Å². The minimum absolute atomic E-state index is 0.0981. The van der Waals surface area contributed by atoms with Crippen molar-refractivity contribution in [2.45, 2.75) is 19.4 Å². The molecule has 2 aromatic heterocycles. The van der Waals surface area contributed by atoms with Crippen LogP contribution in [0.1, 0.15) is 24.4 Å². The summed E-state index contributed by atoms with van der Waals surface area (Å²) in [5.74, 6) is 5.81. The Morgan fingerprint density at radius 1 is 1.55 bits per heavy atom. The van der Waals surface area contributed by atoms with Gasteiger partial charge < -0.3 is 10.7 Å². The van der Waals surface area contributed by atoms with E-state index >= 15 is 0 Å². The zero-order valence-corrected chi connectivity index (χ0v) is 11.6. The van der Waals surface area contributed by atoms with Crippen molar-refractivity contribution < 1.29 is 4.92 Å². The number of hydrazine groups is 1. The Balaban J connectivity index is 2.33. The van der Waals surface area contributed by atoms with Crippen LogP contribution in [-0.2, 0) is 0 Å². The van der Waals surface area contributed by atoms with Crippen LogP contribution in [0.25, 0.3) is 0 Å².